The molecule has 8 heteroatoms. The highest BCUT2D eigenvalue weighted by Crippen LogP contribution is 2.39. The van der Waals surface area contributed by atoms with E-state index in [4.69, 9.17) is 27.9 Å². The van der Waals surface area contributed by atoms with Gasteiger partial charge in [-0.25, -0.2) is 12.8 Å². The SMILES string of the molecule is COC(CC(C)=O)CC(Cl)(Cl)S(=O)(=O)c1ccc(F)cc1. The van der Waals surface area contributed by atoms with Crippen LogP contribution in [0.25, 0.3) is 0 Å². The highest BCUT2D eigenvalue weighted by Gasteiger charge is 2.43. The minimum atomic E-state index is -4.12. The minimum Gasteiger partial charge on any atom is -0.381 e. The number of carbonyl (C=O) groups is 1. The minimum absolute atomic E-state index is 0.00335. The maximum Gasteiger partial charge on any atom is 0.224 e. The third-order valence-corrected chi connectivity index (χ3v) is 6.20. The first-order chi connectivity index (χ1) is 9.60. The van der Waals surface area contributed by atoms with Gasteiger partial charge in [-0.1, -0.05) is 23.2 Å². The Morgan fingerprint density at radius 2 is 1.86 bits per heavy atom. The number of ketones is 1. The Morgan fingerprint density at radius 1 is 1.33 bits per heavy atom. The molecule has 0 fully saturated rings. The number of benzene rings is 1. The molecule has 0 aliphatic rings. The van der Waals surface area contributed by atoms with Crippen LogP contribution in [0, 0.1) is 5.82 Å². The van der Waals surface area contributed by atoms with Crippen molar-refractivity contribution in [2.75, 3.05) is 7.11 Å². The molecule has 0 saturated heterocycles. The van der Waals surface area contributed by atoms with E-state index in [2.05, 4.69) is 0 Å². The number of alkyl halides is 2. The molecule has 0 saturated carbocycles. The van der Waals surface area contributed by atoms with Crippen LogP contribution >= 0.6 is 23.2 Å². The fraction of sp³-hybridized carbons (Fsp3) is 0.462. The topological polar surface area (TPSA) is 60.4 Å². The second-order valence-corrected chi connectivity index (χ2v) is 8.67. The molecule has 0 aliphatic heterocycles. The van der Waals surface area contributed by atoms with Crippen molar-refractivity contribution in [2.24, 2.45) is 0 Å². The molecule has 0 N–H and O–H groups in total. The Hall–Kier alpha value is -0.690. The van der Waals surface area contributed by atoms with Crippen LogP contribution in [0.1, 0.15) is 19.8 Å². The van der Waals surface area contributed by atoms with E-state index >= 15 is 0 Å². The van der Waals surface area contributed by atoms with Gasteiger partial charge in [-0.05, 0) is 31.2 Å². The summed E-state index contributed by atoms with van der Waals surface area (Å²) in [6.45, 7) is 1.35. The summed E-state index contributed by atoms with van der Waals surface area (Å²) in [5, 5.41) is 0. The van der Waals surface area contributed by atoms with Gasteiger partial charge in [0.15, 0.2) is 0 Å². The molecule has 0 aromatic heterocycles. The average molecular weight is 357 g/mol. The molecule has 0 aliphatic carbocycles. The molecule has 1 aromatic carbocycles. The van der Waals surface area contributed by atoms with E-state index in [0.717, 1.165) is 24.3 Å². The van der Waals surface area contributed by atoms with Crippen LogP contribution in [-0.2, 0) is 19.4 Å². The normalized spacial score (nSPS) is 14.0. The van der Waals surface area contributed by atoms with Gasteiger partial charge in [0.1, 0.15) is 11.6 Å². The zero-order chi connectivity index (χ0) is 16.3. The van der Waals surface area contributed by atoms with Crippen molar-refractivity contribution in [3.05, 3.63) is 30.1 Å². The van der Waals surface area contributed by atoms with Gasteiger partial charge in [0, 0.05) is 20.0 Å². The van der Waals surface area contributed by atoms with Crippen LogP contribution in [0.5, 0.6) is 0 Å². The Morgan fingerprint density at radius 3 is 2.29 bits per heavy atom. The second-order valence-electron chi connectivity index (χ2n) is 4.56. The first-order valence-electron chi connectivity index (χ1n) is 6.00. The number of Topliss-reactive ketones (excluding diaryl/α,β-unsaturated/α-hetero) is 1. The van der Waals surface area contributed by atoms with Gasteiger partial charge in [0.2, 0.25) is 13.5 Å². The summed E-state index contributed by atoms with van der Waals surface area (Å²) in [7, 11) is -2.79. The highest BCUT2D eigenvalue weighted by molar-refractivity contribution is 7.95. The summed E-state index contributed by atoms with van der Waals surface area (Å²) in [4.78, 5) is 10.9. The quantitative estimate of drug-likeness (QED) is 0.556. The Bertz CT molecular complexity index is 599. The van der Waals surface area contributed by atoms with Gasteiger partial charge in [0.25, 0.3) is 0 Å². The van der Waals surface area contributed by atoms with Crippen LogP contribution in [0.2, 0.25) is 0 Å². The summed E-state index contributed by atoms with van der Waals surface area (Å²) in [5.74, 6) is -0.750. The van der Waals surface area contributed by atoms with Crippen molar-refractivity contribution < 1.29 is 22.3 Å². The van der Waals surface area contributed by atoms with E-state index in [1.165, 1.54) is 14.0 Å². The van der Waals surface area contributed by atoms with E-state index in [0.29, 0.717) is 0 Å². The van der Waals surface area contributed by atoms with Crippen molar-refractivity contribution in [3.63, 3.8) is 0 Å². The smallest absolute Gasteiger partial charge is 0.224 e. The summed E-state index contributed by atoms with van der Waals surface area (Å²) < 4.78 is 40.5. The molecule has 1 rings (SSSR count). The Kier molecular flexibility index (Phi) is 6.16. The fourth-order valence-corrected chi connectivity index (χ4v) is 3.84. The molecule has 1 atom stereocenters. The molecular formula is C13H15Cl2FO4S. The van der Waals surface area contributed by atoms with Gasteiger partial charge in [-0.2, -0.15) is 0 Å². The largest absolute Gasteiger partial charge is 0.381 e. The molecule has 1 unspecified atom stereocenters. The predicted molar refractivity (Wildman–Crippen MR) is 78.7 cm³/mol. The first-order valence-corrected chi connectivity index (χ1v) is 8.24. The van der Waals surface area contributed by atoms with Gasteiger partial charge in [-0.15, -0.1) is 0 Å². The predicted octanol–water partition coefficient (Wildman–Crippen LogP) is 3.12. The van der Waals surface area contributed by atoms with Crippen LogP contribution in [-0.4, -0.2) is 31.1 Å². The molecule has 0 heterocycles. The molecule has 4 nitrogen and oxygen atoms in total. The second kappa shape index (κ2) is 7.05. The third kappa shape index (κ3) is 4.64. The Labute approximate surface area is 133 Å². The van der Waals surface area contributed by atoms with E-state index in [9.17, 15) is 17.6 Å². The van der Waals surface area contributed by atoms with Gasteiger partial charge < -0.3 is 4.74 Å². The third-order valence-electron chi connectivity index (χ3n) is 2.83. The van der Waals surface area contributed by atoms with Gasteiger partial charge in [0.05, 0.1) is 11.0 Å². The monoisotopic (exact) mass is 356 g/mol. The lowest BCUT2D eigenvalue weighted by atomic mass is 10.1. The summed E-state index contributed by atoms with van der Waals surface area (Å²) in [6.07, 6.45) is -1.02. The number of carbonyl (C=O) groups excluding carboxylic acids is 1. The van der Waals surface area contributed by atoms with E-state index in [-0.39, 0.29) is 23.5 Å². The number of hydrogen-bond acceptors (Lipinski definition) is 4. The van der Waals surface area contributed by atoms with Crippen LogP contribution in [0.3, 0.4) is 0 Å². The highest BCUT2D eigenvalue weighted by atomic mass is 35.5. The lowest BCUT2D eigenvalue weighted by Gasteiger charge is -2.24. The van der Waals surface area contributed by atoms with Crippen molar-refractivity contribution in [1.29, 1.82) is 0 Å². The number of ether oxygens (including phenoxy) is 1. The molecular weight excluding hydrogens is 342 g/mol. The molecule has 118 valence electrons. The molecule has 0 amide bonds. The van der Waals surface area contributed by atoms with Crippen LogP contribution < -0.4 is 0 Å². The van der Waals surface area contributed by atoms with Crippen molar-refractivity contribution >= 4 is 38.8 Å². The van der Waals surface area contributed by atoms with Crippen LogP contribution in [0.15, 0.2) is 29.2 Å². The molecule has 1 aromatic rings. The van der Waals surface area contributed by atoms with Crippen LogP contribution in [0.4, 0.5) is 4.39 Å². The summed E-state index contributed by atoms with van der Waals surface area (Å²) >= 11 is 11.9. The molecule has 0 spiro atoms. The maximum atomic E-state index is 12.9. The molecule has 0 bridgehead atoms. The molecule has 21 heavy (non-hydrogen) atoms. The number of methoxy groups -OCH3 is 1. The number of sulfone groups is 1. The first kappa shape index (κ1) is 18.4. The Balaban J connectivity index is 3.04. The molecule has 0 radical (unpaired) electrons. The lowest BCUT2D eigenvalue weighted by molar-refractivity contribution is -0.119. The van der Waals surface area contributed by atoms with E-state index < -0.39 is 25.4 Å². The van der Waals surface area contributed by atoms with Crippen molar-refractivity contribution in [1.82, 2.24) is 0 Å². The van der Waals surface area contributed by atoms with E-state index in [1.807, 2.05) is 0 Å². The maximum absolute atomic E-state index is 12.9. The van der Waals surface area contributed by atoms with Gasteiger partial charge >= 0.3 is 0 Å². The number of rotatable bonds is 7. The number of halogens is 3. The average Bonchev–Trinajstić information content (AvgIpc) is 2.37. The van der Waals surface area contributed by atoms with E-state index in [1.54, 1.807) is 0 Å². The van der Waals surface area contributed by atoms with Crippen molar-refractivity contribution in [2.45, 2.75) is 34.4 Å². The fourth-order valence-electron chi connectivity index (χ4n) is 1.72. The standard InChI is InChI=1S/C13H15Cl2FO4S/c1-9(17)7-11(20-2)8-13(14,15)21(18,19)12-5-3-10(16)4-6-12/h3-6,11H,7-8H2,1-2H3. The number of hydrogen-bond donors (Lipinski definition) is 0. The summed E-state index contributed by atoms with van der Waals surface area (Å²) in [5.41, 5.74) is 0. The summed E-state index contributed by atoms with van der Waals surface area (Å²) in [6, 6.07) is 4.16. The van der Waals surface area contributed by atoms with Gasteiger partial charge in [-0.3, -0.25) is 4.79 Å². The zero-order valence-electron chi connectivity index (χ0n) is 11.5. The van der Waals surface area contributed by atoms with Crippen molar-refractivity contribution in [3.8, 4) is 0 Å². The lowest BCUT2D eigenvalue weighted by Crippen LogP contribution is -2.32. The zero-order valence-corrected chi connectivity index (χ0v) is 13.8.